The van der Waals surface area contributed by atoms with Crippen LogP contribution < -0.4 is 5.32 Å². The van der Waals surface area contributed by atoms with Crippen molar-refractivity contribution in [3.63, 3.8) is 0 Å². The lowest BCUT2D eigenvalue weighted by atomic mass is 10.0. The third kappa shape index (κ3) is 4.14. The Kier molecular flexibility index (Phi) is 5.16. The number of pyridine rings is 1. The number of rotatable bonds is 5. The molecule has 1 aromatic rings. The topological polar surface area (TPSA) is 62.2 Å². The fourth-order valence-electron chi connectivity index (χ4n) is 2.96. The van der Waals surface area contributed by atoms with E-state index in [9.17, 15) is 18.0 Å². The van der Waals surface area contributed by atoms with Crippen LogP contribution in [-0.4, -0.2) is 22.6 Å². The van der Waals surface area contributed by atoms with E-state index in [1.54, 1.807) is 13.8 Å². The van der Waals surface area contributed by atoms with Gasteiger partial charge in [0.25, 0.3) is 0 Å². The van der Waals surface area contributed by atoms with Crippen molar-refractivity contribution in [3.8, 4) is 0 Å². The highest BCUT2D eigenvalue weighted by atomic mass is 19.4. The van der Waals surface area contributed by atoms with E-state index in [0.29, 0.717) is 18.2 Å². The van der Waals surface area contributed by atoms with Crippen LogP contribution in [-0.2, 0) is 6.18 Å². The minimum Gasteiger partial charge on any atom is -0.476 e. The quantitative estimate of drug-likeness (QED) is 0.833. The van der Waals surface area contributed by atoms with Gasteiger partial charge in [-0.1, -0.05) is 26.7 Å². The van der Waals surface area contributed by atoms with Crippen molar-refractivity contribution >= 4 is 11.7 Å². The number of nitrogens with zero attached hydrogens (tertiary/aromatic N) is 1. The fourth-order valence-corrected chi connectivity index (χ4v) is 2.96. The molecule has 0 aromatic carbocycles. The fraction of sp³-hybridized carbons (Fsp3) is 0.625. The molecule has 0 aliphatic heterocycles. The van der Waals surface area contributed by atoms with Gasteiger partial charge in [0.15, 0.2) is 5.69 Å². The summed E-state index contributed by atoms with van der Waals surface area (Å²) >= 11 is 0. The molecular formula is C16H21F3N2O2. The Morgan fingerprint density at radius 3 is 2.48 bits per heavy atom. The molecule has 2 rings (SSSR count). The zero-order chi connectivity index (χ0) is 17.2. The Hall–Kier alpha value is -1.79. The molecule has 0 radical (unpaired) electrons. The number of aromatic carboxylic acids is 1. The van der Waals surface area contributed by atoms with Crippen molar-refractivity contribution in [2.24, 2.45) is 5.92 Å². The average Bonchev–Trinajstić information content (AvgIpc) is 2.96. The summed E-state index contributed by atoms with van der Waals surface area (Å²) in [7, 11) is 0. The van der Waals surface area contributed by atoms with Crippen LogP contribution in [0.4, 0.5) is 18.9 Å². The lowest BCUT2D eigenvalue weighted by molar-refractivity contribution is -0.138. The number of carboxylic acids is 1. The first-order chi connectivity index (χ1) is 10.7. The average molecular weight is 330 g/mol. The van der Waals surface area contributed by atoms with Gasteiger partial charge < -0.3 is 10.4 Å². The first kappa shape index (κ1) is 17.6. The van der Waals surface area contributed by atoms with Crippen LogP contribution in [0.5, 0.6) is 0 Å². The Morgan fingerprint density at radius 1 is 1.39 bits per heavy atom. The number of nitrogens with one attached hydrogen (secondary N) is 1. The van der Waals surface area contributed by atoms with Crippen molar-refractivity contribution in [2.75, 3.05) is 11.9 Å². The normalized spacial score (nSPS) is 16.1. The number of halogens is 3. The molecule has 2 N–H and O–H groups in total. The smallest absolute Gasteiger partial charge is 0.418 e. The molecule has 0 bridgehead atoms. The maximum Gasteiger partial charge on any atom is 0.418 e. The second-order valence-electron chi connectivity index (χ2n) is 6.31. The van der Waals surface area contributed by atoms with Gasteiger partial charge in [-0.15, -0.1) is 0 Å². The number of anilines is 1. The van der Waals surface area contributed by atoms with E-state index in [0.717, 1.165) is 31.7 Å². The Morgan fingerprint density at radius 2 is 2.00 bits per heavy atom. The van der Waals surface area contributed by atoms with Gasteiger partial charge in [-0.3, -0.25) is 0 Å². The highest BCUT2D eigenvalue weighted by molar-refractivity contribution is 5.88. The molecule has 1 saturated carbocycles. The summed E-state index contributed by atoms with van der Waals surface area (Å²) in [6.45, 7) is 4.15. The molecule has 128 valence electrons. The second-order valence-corrected chi connectivity index (χ2v) is 6.31. The second kappa shape index (κ2) is 6.76. The van der Waals surface area contributed by atoms with E-state index < -0.39 is 23.4 Å². The van der Waals surface area contributed by atoms with Gasteiger partial charge in [0.05, 0.1) is 16.9 Å². The minimum absolute atomic E-state index is 0.179. The third-order valence-electron chi connectivity index (χ3n) is 4.16. The van der Waals surface area contributed by atoms with Gasteiger partial charge in [0.2, 0.25) is 0 Å². The first-order valence-corrected chi connectivity index (χ1v) is 7.79. The zero-order valence-electron chi connectivity index (χ0n) is 13.2. The molecule has 0 amide bonds. The summed E-state index contributed by atoms with van der Waals surface area (Å²) in [6, 6.07) is 0.890. The van der Waals surface area contributed by atoms with Gasteiger partial charge in [0, 0.05) is 6.54 Å². The van der Waals surface area contributed by atoms with Crippen molar-refractivity contribution in [1.82, 2.24) is 4.98 Å². The van der Waals surface area contributed by atoms with Gasteiger partial charge in [0.1, 0.15) is 0 Å². The van der Waals surface area contributed by atoms with Gasteiger partial charge in [-0.2, -0.15) is 13.2 Å². The molecule has 4 nitrogen and oxygen atoms in total. The maximum absolute atomic E-state index is 13.1. The molecule has 0 saturated heterocycles. The molecule has 7 heteroatoms. The van der Waals surface area contributed by atoms with E-state index in [1.807, 2.05) is 0 Å². The van der Waals surface area contributed by atoms with E-state index in [1.165, 1.54) is 0 Å². The van der Waals surface area contributed by atoms with E-state index in [-0.39, 0.29) is 11.6 Å². The SMILES string of the molecule is CC(C)c1nc(C(=O)O)c(C(F)(F)F)cc1NCC1CCCC1. The number of carboxylic acid groups (broad SMARTS) is 1. The lowest BCUT2D eigenvalue weighted by Gasteiger charge is -2.20. The lowest BCUT2D eigenvalue weighted by Crippen LogP contribution is -2.20. The minimum atomic E-state index is -4.75. The summed E-state index contributed by atoms with van der Waals surface area (Å²) in [5.41, 5.74) is -1.51. The summed E-state index contributed by atoms with van der Waals surface area (Å²) in [4.78, 5) is 14.9. The molecule has 0 unspecified atom stereocenters. The van der Waals surface area contributed by atoms with Gasteiger partial charge in [-0.05, 0) is 30.7 Å². The van der Waals surface area contributed by atoms with Crippen molar-refractivity contribution in [1.29, 1.82) is 0 Å². The van der Waals surface area contributed by atoms with E-state index in [4.69, 9.17) is 5.11 Å². The standard InChI is InChI=1S/C16H21F3N2O2/c1-9(2)13-12(20-8-10-5-3-4-6-10)7-11(16(17,18)19)14(21-13)15(22)23/h7,9-10,20H,3-6,8H2,1-2H3,(H,22,23). The molecule has 0 atom stereocenters. The highest BCUT2D eigenvalue weighted by Crippen LogP contribution is 2.36. The molecule has 23 heavy (non-hydrogen) atoms. The molecule has 0 spiro atoms. The third-order valence-corrected chi connectivity index (χ3v) is 4.16. The summed E-state index contributed by atoms with van der Waals surface area (Å²) in [5.74, 6) is -1.40. The number of hydrogen-bond acceptors (Lipinski definition) is 3. The number of hydrogen-bond donors (Lipinski definition) is 2. The van der Waals surface area contributed by atoms with Crippen molar-refractivity contribution < 1.29 is 23.1 Å². The Bertz CT molecular complexity index is 579. The van der Waals surface area contributed by atoms with Crippen molar-refractivity contribution in [2.45, 2.75) is 51.6 Å². The van der Waals surface area contributed by atoms with Crippen LogP contribution >= 0.6 is 0 Å². The van der Waals surface area contributed by atoms with Crippen LogP contribution in [0, 0.1) is 5.92 Å². The molecule has 1 aliphatic carbocycles. The van der Waals surface area contributed by atoms with Gasteiger partial charge >= 0.3 is 12.1 Å². The van der Waals surface area contributed by atoms with Crippen LogP contribution in [0.2, 0.25) is 0 Å². The van der Waals surface area contributed by atoms with Crippen LogP contribution in [0.1, 0.15) is 67.2 Å². The largest absolute Gasteiger partial charge is 0.476 e. The summed E-state index contributed by atoms with van der Waals surface area (Å²) in [5, 5.41) is 12.1. The monoisotopic (exact) mass is 330 g/mol. The van der Waals surface area contributed by atoms with Crippen LogP contribution in [0.3, 0.4) is 0 Å². The zero-order valence-corrected chi connectivity index (χ0v) is 13.2. The molecule has 1 aromatic heterocycles. The predicted octanol–water partition coefficient (Wildman–Crippen LogP) is 4.52. The highest BCUT2D eigenvalue weighted by Gasteiger charge is 2.37. The Balaban J connectivity index is 2.39. The van der Waals surface area contributed by atoms with Crippen LogP contribution in [0.25, 0.3) is 0 Å². The summed E-state index contributed by atoms with van der Waals surface area (Å²) < 4.78 is 39.4. The maximum atomic E-state index is 13.1. The Labute approximate surface area is 133 Å². The van der Waals surface area contributed by atoms with Crippen molar-refractivity contribution in [3.05, 3.63) is 23.0 Å². The molecule has 1 aliphatic rings. The summed E-state index contributed by atoms with van der Waals surface area (Å²) in [6.07, 6.45) is -0.325. The number of alkyl halides is 3. The van der Waals surface area contributed by atoms with E-state index >= 15 is 0 Å². The van der Waals surface area contributed by atoms with Crippen LogP contribution in [0.15, 0.2) is 6.07 Å². The van der Waals surface area contributed by atoms with Gasteiger partial charge in [-0.25, -0.2) is 9.78 Å². The number of aromatic nitrogens is 1. The molecular weight excluding hydrogens is 309 g/mol. The predicted molar refractivity (Wildman–Crippen MR) is 80.7 cm³/mol. The molecule has 1 fully saturated rings. The van der Waals surface area contributed by atoms with E-state index in [2.05, 4.69) is 10.3 Å². The number of carbonyl (C=O) groups is 1. The molecule has 1 heterocycles. The first-order valence-electron chi connectivity index (χ1n) is 7.79.